The number of amides is 1. The van der Waals surface area contributed by atoms with Crippen molar-refractivity contribution < 1.29 is 9.72 Å². The first-order chi connectivity index (χ1) is 8.86. The summed E-state index contributed by atoms with van der Waals surface area (Å²) in [6, 6.07) is 4.24. The highest BCUT2D eigenvalue weighted by Gasteiger charge is 2.18. The van der Waals surface area contributed by atoms with E-state index in [0.29, 0.717) is 12.2 Å². The van der Waals surface area contributed by atoms with E-state index in [-0.39, 0.29) is 17.2 Å². The Hall–Kier alpha value is -2.37. The number of hydrogen-bond acceptors (Lipinski definition) is 4. The molecule has 0 saturated carbocycles. The molecule has 0 spiro atoms. The average molecular weight is 263 g/mol. The Morgan fingerprint density at radius 1 is 1.53 bits per heavy atom. The first-order valence-corrected chi connectivity index (χ1v) is 5.73. The van der Waals surface area contributed by atoms with Crippen LogP contribution in [-0.4, -0.2) is 31.5 Å². The minimum atomic E-state index is -0.519. The first-order valence-electron chi connectivity index (χ1n) is 5.73. The number of hydrogen-bond donors (Lipinski definition) is 1. The summed E-state index contributed by atoms with van der Waals surface area (Å²) in [4.78, 5) is 23.9. The van der Waals surface area contributed by atoms with Crippen molar-refractivity contribution in [3.63, 3.8) is 0 Å². The Bertz CT molecular complexity index is 526. The number of likely N-dealkylation sites (N-methyl/N-ethyl adjacent to an activating group) is 1. The zero-order valence-electron chi connectivity index (χ0n) is 11.3. The third kappa shape index (κ3) is 3.54. The summed E-state index contributed by atoms with van der Waals surface area (Å²) in [5, 5.41) is 13.3. The maximum Gasteiger partial charge on any atom is 0.270 e. The van der Waals surface area contributed by atoms with Crippen LogP contribution in [0.1, 0.15) is 17.3 Å². The number of nitro benzene ring substituents is 1. The van der Waals surface area contributed by atoms with E-state index in [9.17, 15) is 14.9 Å². The highest BCUT2D eigenvalue weighted by molar-refractivity contribution is 6.00. The summed E-state index contributed by atoms with van der Waals surface area (Å²) in [6.45, 7) is 6.26. The molecule has 0 aliphatic rings. The molecule has 102 valence electrons. The van der Waals surface area contributed by atoms with Crippen LogP contribution < -0.4 is 10.2 Å². The normalized spacial score (nSPS) is 9.84. The fourth-order valence-corrected chi connectivity index (χ4v) is 1.78. The van der Waals surface area contributed by atoms with Crippen LogP contribution >= 0.6 is 0 Å². The highest BCUT2D eigenvalue weighted by Crippen LogP contribution is 2.25. The van der Waals surface area contributed by atoms with Gasteiger partial charge >= 0.3 is 0 Å². The van der Waals surface area contributed by atoms with Gasteiger partial charge in [-0.1, -0.05) is 12.2 Å². The lowest BCUT2D eigenvalue weighted by Gasteiger charge is -2.21. The molecule has 6 nitrogen and oxygen atoms in total. The molecule has 0 bridgehead atoms. The van der Waals surface area contributed by atoms with Gasteiger partial charge in [0.15, 0.2) is 0 Å². The molecule has 0 unspecified atom stereocenters. The van der Waals surface area contributed by atoms with Crippen molar-refractivity contribution in [2.24, 2.45) is 0 Å². The Labute approximate surface area is 111 Å². The Kier molecular flexibility index (Phi) is 4.63. The van der Waals surface area contributed by atoms with Gasteiger partial charge in [-0.15, -0.1) is 0 Å². The van der Waals surface area contributed by atoms with Crippen molar-refractivity contribution in [1.29, 1.82) is 0 Å². The van der Waals surface area contributed by atoms with E-state index in [1.807, 2.05) is 18.9 Å². The molecule has 1 aromatic carbocycles. The van der Waals surface area contributed by atoms with Gasteiger partial charge in [0.1, 0.15) is 0 Å². The lowest BCUT2D eigenvalue weighted by atomic mass is 10.1. The minimum Gasteiger partial charge on any atom is -0.370 e. The summed E-state index contributed by atoms with van der Waals surface area (Å²) in [5.74, 6) is -0.354. The van der Waals surface area contributed by atoms with Gasteiger partial charge in [0.2, 0.25) is 0 Å². The molecule has 1 aromatic rings. The second-order valence-corrected chi connectivity index (χ2v) is 4.35. The van der Waals surface area contributed by atoms with Crippen molar-refractivity contribution in [3.05, 3.63) is 46.0 Å². The molecule has 0 atom stereocenters. The molecule has 1 amide bonds. The number of benzene rings is 1. The topological polar surface area (TPSA) is 75.5 Å². The monoisotopic (exact) mass is 263 g/mol. The lowest BCUT2D eigenvalue weighted by molar-refractivity contribution is -0.384. The molecule has 0 heterocycles. The van der Waals surface area contributed by atoms with E-state index in [0.717, 1.165) is 5.57 Å². The average Bonchev–Trinajstić information content (AvgIpc) is 2.36. The number of non-ortho nitro benzene ring substituents is 1. The zero-order chi connectivity index (χ0) is 14.6. The molecule has 0 aliphatic carbocycles. The van der Waals surface area contributed by atoms with Crippen LogP contribution in [0.3, 0.4) is 0 Å². The van der Waals surface area contributed by atoms with Crippen molar-refractivity contribution >= 4 is 17.3 Å². The summed E-state index contributed by atoms with van der Waals surface area (Å²) < 4.78 is 0. The van der Waals surface area contributed by atoms with E-state index in [1.54, 1.807) is 6.07 Å². The molecular weight excluding hydrogens is 246 g/mol. The second kappa shape index (κ2) is 5.99. The van der Waals surface area contributed by atoms with Gasteiger partial charge in [-0.2, -0.15) is 0 Å². The lowest BCUT2D eigenvalue weighted by Crippen LogP contribution is -2.25. The van der Waals surface area contributed by atoms with E-state index in [2.05, 4.69) is 11.9 Å². The van der Waals surface area contributed by atoms with E-state index in [4.69, 9.17) is 0 Å². The summed E-state index contributed by atoms with van der Waals surface area (Å²) in [5.41, 5.74) is 1.74. The molecule has 6 heteroatoms. The van der Waals surface area contributed by atoms with Gasteiger partial charge in [0.25, 0.3) is 11.6 Å². The molecule has 0 aliphatic heterocycles. The largest absolute Gasteiger partial charge is 0.370 e. The SMILES string of the molecule is C=C(C)CN(C)c1ccc([N+](=O)[O-])cc1C(=O)NC. The van der Waals surface area contributed by atoms with Crippen LogP contribution in [0, 0.1) is 10.1 Å². The number of nitrogens with zero attached hydrogens (tertiary/aromatic N) is 2. The fourth-order valence-electron chi connectivity index (χ4n) is 1.78. The number of rotatable bonds is 5. The third-order valence-electron chi connectivity index (χ3n) is 2.58. The summed E-state index contributed by atoms with van der Waals surface area (Å²) in [7, 11) is 3.30. The van der Waals surface area contributed by atoms with Crippen LogP contribution in [0.4, 0.5) is 11.4 Å². The van der Waals surface area contributed by atoms with Crippen molar-refractivity contribution in [1.82, 2.24) is 5.32 Å². The van der Waals surface area contributed by atoms with Crippen LogP contribution in [0.2, 0.25) is 0 Å². The van der Waals surface area contributed by atoms with E-state index >= 15 is 0 Å². The van der Waals surface area contributed by atoms with Crippen molar-refractivity contribution in [3.8, 4) is 0 Å². The van der Waals surface area contributed by atoms with Crippen molar-refractivity contribution in [2.75, 3.05) is 25.5 Å². The Balaban J connectivity index is 3.26. The zero-order valence-corrected chi connectivity index (χ0v) is 11.3. The number of nitro groups is 1. The standard InChI is InChI=1S/C13H17N3O3/c1-9(2)8-15(4)12-6-5-10(16(18)19)7-11(12)13(17)14-3/h5-7H,1,8H2,2-4H3,(H,14,17). The maximum absolute atomic E-state index is 11.8. The van der Waals surface area contributed by atoms with Crippen LogP contribution in [0.15, 0.2) is 30.4 Å². The quantitative estimate of drug-likeness (QED) is 0.500. The molecule has 1 rings (SSSR count). The van der Waals surface area contributed by atoms with Crippen LogP contribution in [0.25, 0.3) is 0 Å². The molecular formula is C13H17N3O3. The number of carbonyl (C=O) groups excluding carboxylic acids is 1. The highest BCUT2D eigenvalue weighted by atomic mass is 16.6. The predicted octanol–water partition coefficient (Wildman–Crippen LogP) is 1.97. The van der Waals surface area contributed by atoms with Gasteiger partial charge in [-0.3, -0.25) is 14.9 Å². The van der Waals surface area contributed by atoms with Crippen LogP contribution in [-0.2, 0) is 0 Å². The van der Waals surface area contributed by atoms with Gasteiger partial charge in [0.05, 0.1) is 16.2 Å². The number of anilines is 1. The predicted molar refractivity (Wildman–Crippen MR) is 74.6 cm³/mol. The Morgan fingerprint density at radius 2 is 2.16 bits per heavy atom. The Morgan fingerprint density at radius 3 is 2.63 bits per heavy atom. The van der Waals surface area contributed by atoms with Crippen LogP contribution in [0.5, 0.6) is 0 Å². The third-order valence-corrected chi connectivity index (χ3v) is 2.58. The summed E-state index contributed by atoms with van der Waals surface area (Å²) in [6.07, 6.45) is 0. The van der Waals surface area contributed by atoms with E-state index in [1.165, 1.54) is 19.2 Å². The van der Waals surface area contributed by atoms with Gasteiger partial charge in [-0.05, 0) is 13.0 Å². The van der Waals surface area contributed by atoms with E-state index < -0.39 is 4.92 Å². The first kappa shape index (κ1) is 14.7. The molecule has 0 fully saturated rings. The van der Waals surface area contributed by atoms with Gasteiger partial charge in [0, 0.05) is 32.8 Å². The molecule has 0 saturated heterocycles. The van der Waals surface area contributed by atoms with Gasteiger partial charge in [-0.25, -0.2) is 0 Å². The fraction of sp³-hybridized carbons (Fsp3) is 0.308. The minimum absolute atomic E-state index is 0.105. The second-order valence-electron chi connectivity index (χ2n) is 4.35. The van der Waals surface area contributed by atoms with Crippen molar-refractivity contribution in [2.45, 2.75) is 6.92 Å². The molecule has 19 heavy (non-hydrogen) atoms. The van der Waals surface area contributed by atoms with Gasteiger partial charge < -0.3 is 10.2 Å². The molecule has 1 N–H and O–H groups in total. The molecule has 0 radical (unpaired) electrons. The molecule has 0 aromatic heterocycles. The maximum atomic E-state index is 11.8. The smallest absolute Gasteiger partial charge is 0.270 e. The summed E-state index contributed by atoms with van der Waals surface area (Å²) >= 11 is 0. The number of nitrogens with one attached hydrogen (secondary N) is 1. The number of carbonyl (C=O) groups is 1.